The fourth-order valence-corrected chi connectivity index (χ4v) is 2.08. The summed E-state index contributed by atoms with van der Waals surface area (Å²) in [6.07, 6.45) is -0.920. The van der Waals surface area contributed by atoms with Gasteiger partial charge in [0.2, 0.25) is 0 Å². The Balaban J connectivity index is 1.83. The molecule has 1 aromatic heterocycles. The first-order chi connectivity index (χ1) is 11.0. The van der Waals surface area contributed by atoms with Gasteiger partial charge in [0.05, 0.1) is 10.9 Å². The number of halogens is 2. The first-order valence-electron chi connectivity index (χ1n) is 6.45. The van der Waals surface area contributed by atoms with E-state index in [0.29, 0.717) is 16.2 Å². The van der Waals surface area contributed by atoms with Crippen LogP contribution < -0.4 is 15.5 Å². The number of carbonyl (C=O) groups is 1. The number of anilines is 1. The van der Waals surface area contributed by atoms with Crippen LogP contribution in [-0.4, -0.2) is 16.3 Å². The largest absolute Gasteiger partial charge is 0.418 e. The van der Waals surface area contributed by atoms with Gasteiger partial charge in [0.25, 0.3) is 11.3 Å². The SMILES string of the molecule is O=C(Nc1ccc(F)cc1)Oc1n[nH]c2ccc(Cl)cc2c1=O. The van der Waals surface area contributed by atoms with Crippen LogP contribution in [0.5, 0.6) is 5.88 Å². The summed E-state index contributed by atoms with van der Waals surface area (Å²) in [5, 5.41) is 9.29. The van der Waals surface area contributed by atoms with Gasteiger partial charge in [0.1, 0.15) is 5.82 Å². The van der Waals surface area contributed by atoms with Crippen LogP contribution in [0.25, 0.3) is 10.9 Å². The zero-order valence-electron chi connectivity index (χ0n) is 11.5. The monoisotopic (exact) mass is 333 g/mol. The number of nitrogens with zero attached hydrogens (tertiary/aromatic N) is 1. The quantitative estimate of drug-likeness (QED) is 0.753. The molecule has 1 heterocycles. The molecule has 3 rings (SSSR count). The van der Waals surface area contributed by atoms with Crippen LogP contribution in [0.15, 0.2) is 47.3 Å². The molecule has 2 aromatic carbocycles. The molecule has 116 valence electrons. The number of benzene rings is 2. The van der Waals surface area contributed by atoms with Crippen LogP contribution >= 0.6 is 11.6 Å². The van der Waals surface area contributed by atoms with Crippen molar-refractivity contribution < 1.29 is 13.9 Å². The van der Waals surface area contributed by atoms with E-state index in [9.17, 15) is 14.0 Å². The summed E-state index contributed by atoms with van der Waals surface area (Å²) in [7, 11) is 0. The van der Waals surface area contributed by atoms with Gasteiger partial charge in [0, 0.05) is 10.7 Å². The van der Waals surface area contributed by atoms with Crippen LogP contribution in [0.3, 0.4) is 0 Å². The Morgan fingerprint density at radius 3 is 2.70 bits per heavy atom. The van der Waals surface area contributed by atoms with Gasteiger partial charge >= 0.3 is 6.09 Å². The van der Waals surface area contributed by atoms with E-state index >= 15 is 0 Å². The normalized spacial score (nSPS) is 10.5. The predicted molar refractivity (Wildman–Crippen MR) is 83.4 cm³/mol. The van der Waals surface area contributed by atoms with Crippen LogP contribution in [-0.2, 0) is 0 Å². The molecule has 0 fully saturated rings. The van der Waals surface area contributed by atoms with Crippen LogP contribution in [0.1, 0.15) is 0 Å². The van der Waals surface area contributed by atoms with Gasteiger partial charge in [-0.05, 0) is 42.5 Å². The number of rotatable bonds is 2. The third kappa shape index (κ3) is 3.29. The topological polar surface area (TPSA) is 84.1 Å². The fraction of sp³-hybridized carbons (Fsp3) is 0. The van der Waals surface area contributed by atoms with Crippen LogP contribution in [0.4, 0.5) is 14.9 Å². The van der Waals surface area contributed by atoms with Gasteiger partial charge in [-0.2, -0.15) is 0 Å². The van der Waals surface area contributed by atoms with Gasteiger partial charge in [0.15, 0.2) is 0 Å². The van der Waals surface area contributed by atoms with Crippen molar-refractivity contribution in [1.82, 2.24) is 10.2 Å². The summed E-state index contributed by atoms with van der Waals surface area (Å²) in [5.74, 6) is -0.854. The molecule has 1 amide bonds. The average molecular weight is 334 g/mol. The zero-order valence-corrected chi connectivity index (χ0v) is 12.2. The highest BCUT2D eigenvalue weighted by atomic mass is 35.5. The summed E-state index contributed by atoms with van der Waals surface area (Å²) in [6.45, 7) is 0. The molecule has 0 aliphatic rings. The van der Waals surface area contributed by atoms with E-state index in [1.807, 2.05) is 0 Å². The molecule has 0 bridgehead atoms. The summed E-state index contributed by atoms with van der Waals surface area (Å²) in [4.78, 5) is 24.0. The van der Waals surface area contributed by atoms with Gasteiger partial charge < -0.3 is 4.74 Å². The number of nitrogens with one attached hydrogen (secondary N) is 2. The summed E-state index contributed by atoms with van der Waals surface area (Å²) >= 11 is 5.84. The molecular formula is C15H9ClFN3O3. The Morgan fingerprint density at radius 1 is 1.22 bits per heavy atom. The maximum Gasteiger partial charge on any atom is 0.418 e. The number of ether oxygens (including phenoxy) is 1. The predicted octanol–water partition coefficient (Wildman–Crippen LogP) is 3.33. The third-order valence-electron chi connectivity index (χ3n) is 2.98. The second kappa shape index (κ2) is 6.05. The molecule has 3 aromatic rings. The van der Waals surface area contributed by atoms with Crippen LogP contribution in [0, 0.1) is 5.82 Å². The molecule has 0 saturated carbocycles. The van der Waals surface area contributed by atoms with Gasteiger partial charge in [-0.3, -0.25) is 15.2 Å². The zero-order chi connectivity index (χ0) is 16.4. The Morgan fingerprint density at radius 2 is 1.96 bits per heavy atom. The lowest BCUT2D eigenvalue weighted by Gasteiger charge is -2.06. The number of aromatic amines is 1. The molecule has 0 unspecified atom stereocenters. The number of hydrogen-bond acceptors (Lipinski definition) is 4. The molecule has 2 N–H and O–H groups in total. The second-order valence-electron chi connectivity index (χ2n) is 4.57. The molecule has 0 saturated heterocycles. The summed E-state index contributed by atoms with van der Waals surface area (Å²) in [6, 6.07) is 9.71. The van der Waals surface area contributed by atoms with E-state index in [-0.39, 0.29) is 5.39 Å². The third-order valence-corrected chi connectivity index (χ3v) is 3.21. The Labute approximate surface area is 133 Å². The molecule has 0 aliphatic heterocycles. The molecule has 8 heteroatoms. The van der Waals surface area contributed by atoms with E-state index in [1.54, 1.807) is 12.1 Å². The first kappa shape index (κ1) is 15.0. The Bertz CT molecular complexity index is 941. The number of aromatic nitrogens is 2. The number of fused-ring (bicyclic) bond motifs is 1. The fourth-order valence-electron chi connectivity index (χ4n) is 1.91. The van der Waals surface area contributed by atoms with Crippen molar-refractivity contribution >= 4 is 34.3 Å². The minimum Gasteiger partial charge on any atom is -0.385 e. The number of hydrogen-bond donors (Lipinski definition) is 2. The number of amides is 1. The Kier molecular flexibility index (Phi) is 3.94. The number of carbonyl (C=O) groups excluding carboxylic acids is 1. The molecule has 6 nitrogen and oxygen atoms in total. The summed E-state index contributed by atoms with van der Waals surface area (Å²) < 4.78 is 17.7. The maximum atomic E-state index is 12.8. The van der Waals surface area contributed by atoms with Crippen molar-refractivity contribution in [2.45, 2.75) is 0 Å². The molecule has 0 atom stereocenters. The highest BCUT2D eigenvalue weighted by Gasteiger charge is 2.13. The minimum atomic E-state index is -0.920. The maximum absolute atomic E-state index is 12.8. The number of H-pyrrole nitrogens is 1. The first-order valence-corrected chi connectivity index (χ1v) is 6.83. The van der Waals surface area contributed by atoms with Gasteiger partial charge in [-0.25, -0.2) is 9.18 Å². The van der Waals surface area contributed by atoms with E-state index < -0.39 is 23.2 Å². The lowest BCUT2D eigenvalue weighted by Crippen LogP contribution is -2.22. The Hall–Kier alpha value is -2.93. The lowest BCUT2D eigenvalue weighted by molar-refractivity contribution is 0.212. The van der Waals surface area contributed by atoms with E-state index in [0.717, 1.165) is 0 Å². The van der Waals surface area contributed by atoms with E-state index in [4.69, 9.17) is 16.3 Å². The van der Waals surface area contributed by atoms with Crippen molar-refractivity contribution in [3.05, 3.63) is 63.5 Å². The van der Waals surface area contributed by atoms with Crippen molar-refractivity contribution in [2.24, 2.45) is 0 Å². The minimum absolute atomic E-state index is 0.247. The molecule has 0 radical (unpaired) electrons. The van der Waals surface area contributed by atoms with Crippen molar-refractivity contribution in [3.63, 3.8) is 0 Å². The lowest BCUT2D eigenvalue weighted by atomic mass is 10.2. The van der Waals surface area contributed by atoms with Gasteiger partial charge in [-0.15, -0.1) is 5.10 Å². The van der Waals surface area contributed by atoms with Crippen molar-refractivity contribution in [2.75, 3.05) is 5.32 Å². The summed E-state index contributed by atoms with van der Waals surface area (Å²) in [5.41, 5.74) is 0.206. The highest BCUT2D eigenvalue weighted by Crippen LogP contribution is 2.16. The van der Waals surface area contributed by atoms with Gasteiger partial charge in [-0.1, -0.05) is 11.6 Å². The van der Waals surface area contributed by atoms with Crippen molar-refractivity contribution in [3.8, 4) is 5.88 Å². The second-order valence-corrected chi connectivity index (χ2v) is 5.01. The smallest absolute Gasteiger partial charge is 0.385 e. The standard InChI is InChI=1S/C15H9ClFN3O3/c16-8-1-6-12-11(7-8)13(21)14(20-19-12)23-15(22)18-10-4-2-9(17)3-5-10/h1-7H,(H,18,22)(H,19,21). The van der Waals surface area contributed by atoms with Crippen molar-refractivity contribution in [1.29, 1.82) is 0 Å². The molecule has 23 heavy (non-hydrogen) atoms. The average Bonchev–Trinajstić information content (AvgIpc) is 2.53. The van der Waals surface area contributed by atoms with Crippen LogP contribution in [0.2, 0.25) is 5.02 Å². The molecule has 0 spiro atoms. The van der Waals surface area contributed by atoms with E-state index in [2.05, 4.69) is 15.5 Å². The van der Waals surface area contributed by atoms with E-state index in [1.165, 1.54) is 30.3 Å². The molecular weight excluding hydrogens is 325 g/mol. The highest BCUT2D eigenvalue weighted by molar-refractivity contribution is 6.31. The molecule has 0 aliphatic carbocycles.